The summed E-state index contributed by atoms with van der Waals surface area (Å²) < 4.78 is 0. The van der Waals surface area contributed by atoms with Crippen molar-refractivity contribution in [2.75, 3.05) is 24.6 Å². The van der Waals surface area contributed by atoms with E-state index in [9.17, 15) is 4.79 Å². The highest BCUT2D eigenvalue weighted by molar-refractivity contribution is 5.81. The van der Waals surface area contributed by atoms with Gasteiger partial charge in [-0.2, -0.15) is 0 Å². The van der Waals surface area contributed by atoms with Crippen molar-refractivity contribution in [2.45, 2.75) is 25.2 Å². The van der Waals surface area contributed by atoms with E-state index in [4.69, 9.17) is 0 Å². The molecule has 0 bridgehead atoms. The van der Waals surface area contributed by atoms with E-state index in [0.29, 0.717) is 12.3 Å². The number of piperidine rings is 1. The maximum absolute atomic E-state index is 11.2. The molecule has 0 unspecified atom stereocenters. The summed E-state index contributed by atoms with van der Waals surface area (Å²) in [5, 5.41) is 5.31. The Balaban J connectivity index is 1.70. The molecule has 2 heterocycles. The van der Waals surface area contributed by atoms with Gasteiger partial charge in [0.25, 0.3) is 0 Å². The molecule has 2 fully saturated rings. The molecular formula is C14H19N3O. The second-order valence-electron chi connectivity index (χ2n) is 5.05. The highest BCUT2D eigenvalue weighted by Gasteiger charge is 2.19. The molecule has 96 valence electrons. The minimum absolute atomic E-state index is 0.109. The molecule has 2 saturated heterocycles. The smallest absolute Gasteiger partial charge is 0.240 e. The molecule has 0 spiro atoms. The minimum Gasteiger partial charge on any atom is -0.317 e. The minimum atomic E-state index is 0.109. The number of nitrogens with zero attached hydrogens (tertiary/aromatic N) is 1. The number of hydrazine groups is 1. The topological polar surface area (TPSA) is 44.4 Å². The van der Waals surface area contributed by atoms with Gasteiger partial charge < -0.3 is 5.32 Å². The first kappa shape index (κ1) is 11.5. The van der Waals surface area contributed by atoms with Gasteiger partial charge >= 0.3 is 0 Å². The Morgan fingerprint density at radius 3 is 2.44 bits per heavy atom. The van der Waals surface area contributed by atoms with Crippen LogP contribution in [-0.4, -0.2) is 25.5 Å². The molecule has 4 nitrogen and oxygen atoms in total. The predicted octanol–water partition coefficient (Wildman–Crippen LogP) is 1.39. The van der Waals surface area contributed by atoms with E-state index in [1.165, 1.54) is 18.4 Å². The molecule has 4 heteroatoms. The maximum atomic E-state index is 11.2. The molecule has 0 atom stereocenters. The zero-order valence-corrected chi connectivity index (χ0v) is 10.5. The van der Waals surface area contributed by atoms with E-state index in [0.717, 1.165) is 25.3 Å². The van der Waals surface area contributed by atoms with E-state index in [2.05, 4.69) is 35.0 Å². The van der Waals surface area contributed by atoms with Crippen LogP contribution >= 0.6 is 0 Å². The van der Waals surface area contributed by atoms with E-state index in [1.54, 1.807) is 0 Å². The van der Waals surface area contributed by atoms with Crippen LogP contribution in [0.25, 0.3) is 0 Å². The van der Waals surface area contributed by atoms with Gasteiger partial charge in [-0.1, -0.05) is 12.1 Å². The summed E-state index contributed by atoms with van der Waals surface area (Å²) in [6.07, 6.45) is 3.04. The molecule has 0 radical (unpaired) electrons. The van der Waals surface area contributed by atoms with Crippen molar-refractivity contribution in [3.05, 3.63) is 29.8 Å². The number of benzene rings is 1. The second-order valence-corrected chi connectivity index (χ2v) is 5.05. The quantitative estimate of drug-likeness (QED) is 0.827. The van der Waals surface area contributed by atoms with Gasteiger partial charge in [0.2, 0.25) is 5.91 Å². The van der Waals surface area contributed by atoms with Crippen molar-refractivity contribution in [1.29, 1.82) is 0 Å². The maximum Gasteiger partial charge on any atom is 0.240 e. The number of hydrogen-bond acceptors (Lipinski definition) is 3. The molecule has 3 rings (SSSR count). The zero-order valence-electron chi connectivity index (χ0n) is 10.5. The van der Waals surface area contributed by atoms with Crippen LogP contribution in [0.3, 0.4) is 0 Å². The number of anilines is 1. The van der Waals surface area contributed by atoms with Crippen LogP contribution in [0.5, 0.6) is 0 Å². The third kappa shape index (κ3) is 2.34. The van der Waals surface area contributed by atoms with Crippen LogP contribution < -0.4 is 15.8 Å². The number of amides is 1. The SMILES string of the molecule is O=C1CCN(c2ccc(C3CCNCC3)cc2)N1. The average Bonchev–Trinajstić information content (AvgIpc) is 2.87. The number of carbonyl (C=O) groups is 1. The predicted molar refractivity (Wildman–Crippen MR) is 71.4 cm³/mol. The van der Waals surface area contributed by atoms with Crippen molar-refractivity contribution in [2.24, 2.45) is 0 Å². The fourth-order valence-corrected chi connectivity index (χ4v) is 2.75. The summed E-state index contributed by atoms with van der Waals surface area (Å²) >= 11 is 0. The summed E-state index contributed by atoms with van der Waals surface area (Å²) in [6.45, 7) is 3.01. The van der Waals surface area contributed by atoms with Crippen molar-refractivity contribution in [3.63, 3.8) is 0 Å². The number of carbonyl (C=O) groups excluding carboxylic acids is 1. The standard InChI is InChI=1S/C14H19N3O/c18-14-7-10-17(16-14)13-3-1-11(2-4-13)12-5-8-15-9-6-12/h1-4,12,15H,5-10H2,(H,16,18). The lowest BCUT2D eigenvalue weighted by Gasteiger charge is -2.24. The van der Waals surface area contributed by atoms with Gasteiger partial charge in [0.15, 0.2) is 0 Å². The lowest BCUT2D eigenvalue weighted by Crippen LogP contribution is -2.32. The zero-order chi connectivity index (χ0) is 12.4. The molecule has 0 aliphatic carbocycles. The van der Waals surface area contributed by atoms with Gasteiger partial charge in [0.05, 0.1) is 5.69 Å². The lowest BCUT2D eigenvalue weighted by molar-refractivity contribution is -0.119. The Morgan fingerprint density at radius 1 is 1.11 bits per heavy atom. The first-order valence-electron chi connectivity index (χ1n) is 6.70. The Kier molecular flexibility index (Phi) is 3.19. The number of hydrogen-bond donors (Lipinski definition) is 2. The van der Waals surface area contributed by atoms with Crippen LogP contribution in [0.15, 0.2) is 24.3 Å². The molecule has 2 N–H and O–H groups in total. The van der Waals surface area contributed by atoms with E-state index in [-0.39, 0.29) is 5.91 Å². The molecule has 2 aliphatic rings. The van der Waals surface area contributed by atoms with Crippen molar-refractivity contribution in [3.8, 4) is 0 Å². The van der Waals surface area contributed by atoms with E-state index in [1.807, 2.05) is 5.01 Å². The van der Waals surface area contributed by atoms with Crippen LogP contribution in [0.2, 0.25) is 0 Å². The Labute approximate surface area is 107 Å². The molecule has 18 heavy (non-hydrogen) atoms. The van der Waals surface area contributed by atoms with Gasteiger partial charge in [-0.05, 0) is 49.5 Å². The Bertz CT molecular complexity index is 423. The summed E-state index contributed by atoms with van der Waals surface area (Å²) in [7, 11) is 0. The lowest BCUT2D eigenvalue weighted by atomic mass is 9.90. The summed E-state index contributed by atoms with van der Waals surface area (Å²) in [5.74, 6) is 0.797. The first-order chi connectivity index (χ1) is 8.83. The molecular weight excluding hydrogens is 226 g/mol. The van der Waals surface area contributed by atoms with Crippen LogP contribution in [0.4, 0.5) is 5.69 Å². The van der Waals surface area contributed by atoms with Crippen LogP contribution in [0.1, 0.15) is 30.7 Å². The summed E-state index contributed by atoms with van der Waals surface area (Å²) in [5.41, 5.74) is 5.36. The first-order valence-corrected chi connectivity index (χ1v) is 6.70. The van der Waals surface area contributed by atoms with Crippen molar-refractivity contribution < 1.29 is 4.79 Å². The molecule has 1 amide bonds. The Hall–Kier alpha value is -1.55. The van der Waals surface area contributed by atoms with Gasteiger partial charge in [-0.25, -0.2) is 0 Å². The third-order valence-electron chi connectivity index (χ3n) is 3.84. The summed E-state index contributed by atoms with van der Waals surface area (Å²) in [4.78, 5) is 11.2. The molecule has 0 saturated carbocycles. The van der Waals surface area contributed by atoms with Gasteiger partial charge in [-0.3, -0.25) is 15.2 Å². The number of nitrogens with one attached hydrogen (secondary N) is 2. The molecule has 1 aromatic carbocycles. The van der Waals surface area contributed by atoms with E-state index < -0.39 is 0 Å². The average molecular weight is 245 g/mol. The monoisotopic (exact) mass is 245 g/mol. The fourth-order valence-electron chi connectivity index (χ4n) is 2.75. The van der Waals surface area contributed by atoms with Crippen molar-refractivity contribution >= 4 is 11.6 Å². The number of rotatable bonds is 2. The van der Waals surface area contributed by atoms with Gasteiger partial charge in [0.1, 0.15) is 0 Å². The van der Waals surface area contributed by atoms with Crippen LogP contribution in [0, 0.1) is 0 Å². The second kappa shape index (κ2) is 4.98. The van der Waals surface area contributed by atoms with Crippen molar-refractivity contribution in [1.82, 2.24) is 10.7 Å². The summed E-state index contributed by atoms with van der Waals surface area (Å²) in [6, 6.07) is 8.64. The highest BCUT2D eigenvalue weighted by atomic mass is 16.2. The largest absolute Gasteiger partial charge is 0.317 e. The molecule has 1 aromatic rings. The van der Waals surface area contributed by atoms with Gasteiger partial charge in [0, 0.05) is 13.0 Å². The van der Waals surface area contributed by atoms with Gasteiger partial charge in [-0.15, -0.1) is 0 Å². The normalized spacial score (nSPS) is 21.1. The van der Waals surface area contributed by atoms with Crippen LogP contribution in [-0.2, 0) is 4.79 Å². The molecule has 0 aromatic heterocycles. The third-order valence-corrected chi connectivity index (χ3v) is 3.84. The molecule has 2 aliphatic heterocycles. The fraction of sp³-hybridized carbons (Fsp3) is 0.500. The Morgan fingerprint density at radius 2 is 1.83 bits per heavy atom. The highest BCUT2D eigenvalue weighted by Crippen LogP contribution is 2.27. The van der Waals surface area contributed by atoms with E-state index >= 15 is 0 Å².